The molecule has 0 saturated heterocycles. The molecular weight excluding hydrogens is 227 g/mol. The van der Waals surface area contributed by atoms with Crippen LogP contribution in [0.25, 0.3) is 0 Å². The van der Waals surface area contributed by atoms with Crippen LogP contribution in [-0.2, 0) is 6.18 Å². The van der Waals surface area contributed by atoms with E-state index < -0.39 is 11.7 Å². The van der Waals surface area contributed by atoms with Gasteiger partial charge in [-0.25, -0.2) is 0 Å². The van der Waals surface area contributed by atoms with Gasteiger partial charge in [0.25, 0.3) is 0 Å². The molecule has 0 aliphatic carbocycles. The van der Waals surface area contributed by atoms with E-state index in [1.54, 1.807) is 0 Å². The van der Waals surface area contributed by atoms with E-state index in [9.17, 15) is 13.2 Å². The molecule has 2 N–H and O–H groups in total. The molecule has 0 amide bonds. The predicted molar refractivity (Wildman–Crippen MR) is 53.9 cm³/mol. The van der Waals surface area contributed by atoms with Gasteiger partial charge in [0.1, 0.15) is 10.7 Å². The smallest absolute Gasteiger partial charge is 0.417 e. The van der Waals surface area contributed by atoms with Gasteiger partial charge >= 0.3 is 6.18 Å². The summed E-state index contributed by atoms with van der Waals surface area (Å²) in [4.78, 5) is -0.287. The SMILES string of the molecule is COc1ccc(C(N)=S)c(C(F)(F)F)c1. The Morgan fingerprint density at radius 3 is 2.40 bits per heavy atom. The molecule has 1 aromatic carbocycles. The van der Waals surface area contributed by atoms with Crippen molar-refractivity contribution in [3.63, 3.8) is 0 Å². The Kier molecular flexibility index (Phi) is 3.18. The van der Waals surface area contributed by atoms with Crippen molar-refractivity contribution in [2.24, 2.45) is 5.73 Å². The van der Waals surface area contributed by atoms with Crippen LogP contribution in [0.15, 0.2) is 18.2 Å². The van der Waals surface area contributed by atoms with Crippen molar-refractivity contribution >= 4 is 17.2 Å². The highest BCUT2D eigenvalue weighted by molar-refractivity contribution is 7.80. The van der Waals surface area contributed by atoms with E-state index in [2.05, 4.69) is 12.2 Å². The third kappa shape index (κ3) is 2.59. The lowest BCUT2D eigenvalue weighted by atomic mass is 10.1. The second-order valence-corrected chi connectivity index (χ2v) is 3.21. The number of thiocarbonyl (C=S) groups is 1. The Balaban J connectivity index is 3.36. The summed E-state index contributed by atoms with van der Waals surface area (Å²) in [5, 5.41) is 0. The zero-order valence-corrected chi connectivity index (χ0v) is 8.58. The van der Waals surface area contributed by atoms with Crippen LogP contribution in [0.2, 0.25) is 0 Å². The van der Waals surface area contributed by atoms with Crippen LogP contribution in [0.3, 0.4) is 0 Å². The first-order chi connectivity index (χ1) is 6.86. The standard InChI is InChI=1S/C9H8F3NOS/c1-14-5-2-3-6(8(13)15)7(4-5)9(10,11)12/h2-4H,1H3,(H2,13,15). The fraction of sp³-hybridized carbons (Fsp3) is 0.222. The van der Waals surface area contributed by atoms with E-state index in [0.29, 0.717) is 0 Å². The van der Waals surface area contributed by atoms with Gasteiger partial charge in [-0.15, -0.1) is 0 Å². The van der Waals surface area contributed by atoms with E-state index in [0.717, 1.165) is 6.07 Å². The van der Waals surface area contributed by atoms with Gasteiger partial charge in [0, 0.05) is 5.56 Å². The minimum absolute atomic E-state index is 0.113. The van der Waals surface area contributed by atoms with Crippen molar-refractivity contribution in [3.8, 4) is 5.75 Å². The molecule has 15 heavy (non-hydrogen) atoms. The van der Waals surface area contributed by atoms with E-state index >= 15 is 0 Å². The lowest BCUT2D eigenvalue weighted by Gasteiger charge is -2.13. The molecular formula is C9H8F3NOS. The summed E-state index contributed by atoms with van der Waals surface area (Å²) in [6, 6.07) is 3.45. The molecule has 0 aliphatic rings. The topological polar surface area (TPSA) is 35.2 Å². The normalized spacial score (nSPS) is 11.2. The zero-order valence-electron chi connectivity index (χ0n) is 7.76. The van der Waals surface area contributed by atoms with Gasteiger partial charge < -0.3 is 10.5 Å². The monoisotopic (exact) mass is 235 g/mol. The molecule has 0 spiro atoms. The summed E-state index contributed by atoms with van der Waals surface area (Å²) in [6.45, 7) is 0. The minimum Gasteiger partial charge on any atom is -0.497 e. The van der Waals surface area contributed by atoms with Gasteiger partial charge in [-0.1, -0.05) is 12.2 Å². The highest BCUT2D eigenvalue weighted by Crippen LogP contribution is 2.34. The summed E-state index contributed by atoms with van der Waals surface area (Å²) >= 11 is 4.53. The molecule has 0 atom stereocenters. The summed E-state index contributed by atoms with van der Waals surface area (Å²) < 4.78 is 42.4. The van der Waals surface area contributed by atoms with E-state index in [-0.39, 0.29) is 16.3 Å². The zero-order chi connectivity index (χ0) is 11.6. The van der Waals surface area contributed by atoms with Crippen LogP contribution >= 0.6 is 12.2 Å². The molecule has 0 aromatic heterocycles. The molecule has 2 nitrogen and oxygen atoms in total. The fourth-order valence-corrected chi connectivity index (χ4v) is 1.28. The van der Waals surface area contributed by atoms with Crippen molar-refractivity contribution in [1.29, 1.82) is 0 Å². The molecule has 1 rings (SSSR count). The maximum absolute atomic E-state index is 12.6. The average Bonchev–Trinajstić information content (AvgIpc) is 2.15. The highest BCUT2D eigenvalue weighted by Gasteiger charge is 2.34. The molecule has 6 heteroatoms. The molecule has 0 radical (unpaired) electrons. The number of alkyl halides is 3. The van der Waals surface area contributed by atoms with Crippen molar-refractivity contribution in [3.05, 3.63) is 29.3 Å². The van der Waals surface area contributed by atoms with E-state index in [1.165, 1.54) is 19.2 Å². The van der Waals surface area contributed by atoms with Crippen molar-refractivity contribution in [1.82, 2.24) is 0 Å². The van der Waals surface area contributed by atoms with Crippen LogP contribution in [0.4, 0.5) is 13.2 Å². The summed E-state index contributed by atoms with van der Waals surface area (Å²) in [5.74, 6) is 0.113. The van der Waals surface area contributed by atoms with Gasteiger partial charge in [0.2, 0.25) is 0 Å². The highest BCUT2D eigenvalue weighted by atomic mass is 32.1. The number of halogens is 3. The number of hydrogen-bond acceptors (Lipinski definition) is 2. The average molecular weight is 235 g/mol. The van der Waals surface area contributed by atoms with Crippen LogP contribution < -0.4 is 10.5 Å². The molecule has 0 bridgehead atoms. The first kappa shape index (κ1) is 11.8. The number of rotatable bonds is 2. The molecule has 0 heterocycles. The van der Waals surface area contributed by atoms with Gasteiger partial charge in [-0.05, 0) is 18.2 Å². The lowest BCUT2D eigenvalue weighted by molar-refractivity contribution is -0.137. The number of methoxy groups -OCH3 is 1. The summed E-state index contributed by atoms with van der Waals surface area (Å²) in [7, 11) is 1.29. The van der Waals surface area contributed by atoms with Crippen molar-refractivity contribution < 1.29 is 17.9 Å². The van der Waals surface area contributed by atoms with Gasteiger partial charge in [0.05, 0.1) is 12.7 Å². The van der Waals surface area contributed by atoms with Gasteiger partial charge in [0.15, 0.2) is 0 Å². The third-order valence-electron chi connectivity index (χ3n) is 1.80. The molecule has 0 aliphatic heterocycles. The maximum Gasteiger partial charge on any atom is 0.417 e. The maximum atomic E-state index is 12.6. The van der Waals surface area contributed by atoms with Gasteiger partial charge in [-0.3, -0.25) is 0 Å². The third-order valence-corrected chi connectivity index (χ3v) is 2.02. The predicted octanol–water partition coefficient (Wildman–Crippen LogP) is 2.35. The van der Waals surface area contributed by atoms with Crippen molar-refractivity contribution in [2.75, 3.05) is 7.11 Å². The molecule has 1 aromatic rings. The molecule has 82 valence electrons. The van der Waals surface area contributed by atoms with E-state index in [1.807, 2.05) is 0 Å². The minimum atomic E-state index is -4.49. The lowest BCUT2D eigenvalue weighted by Crippen LogP contribution is -2.17. The summed E-state index contributed by atoms with van der Waals surface area (Å²) in [6.07, 6.45) is -4.49. The number of benzene rings is 1. The quantitative estimate of drug-likeness (QED) is 0.799. The number of ether oxygens (including phenoxy) is 1. The second-order valence-electron chi connectivity index (χ2n) is 2.77. The summed E-state index contributed by atoms with van der Waals surface area (Å²) in [5.41, 5.74) is 4.12. The first-order valence-electron chi connectivity index (χ1n) is 3.91. The van der Waals surface area contributed by atoms with Gasteiger partial charge in [-0.2, -0.15) is 13.2 Å². The fourth-order valence-electron chi connectivity index (χ4n) is 1.10. The second kappa shape index (κ2) is 4.06. The Morgan fingerprint density at radius 2 is 2.00 bits per heavy atom. The Hall–Kier alpha value is -1.30. The largest absolute Gasteiger partial charge is 0.497 e. The Morgan fingerprint density at radius 1 is 1.40 bits per heavy atom. The number of nitrogens with two attached hydrogens (primary N) is 1. The van der Waals surface area contributed by atoms with Crippen LogP contribution in [0, 0.1) is 0 Å². The molecule has 0 saturated carbocycles. The first-order valence-corrected chi connectivity index (χ1v) is 4.32. The van der Waals surface area contributed by atoms with Crippen LogP contribution in [0.5, 0.6) is 5.75 Å². The molecule has 0 unspecified atom stereocenters. The molecule has 0 fully saturated rings. The Bertz CT molecular complexity index is 389. The van der Waals surface area contributed by atoms with Crippen molar-refractivity contribution in [2.45, 2.75) is 6.18 Å². The van der Waals surface area contributed by atoms with Crippen LogP contribution in [-0.4, -0.2) is 12.1 Å². The number of hydrogen-bond donors (Lipinski definition) is 1. The van der Waals surface area contributed by atoms with Crippen LogP contribution in [0.1, 0.15) is 11.1 Å². The van der Waals surface area contributed by atoms with E-state index in [4.69, 9.17) is 10.5 Å². The Labute approximate surface area is 89.8 Å².